The van der Waals surface area contributed by atoms with Crippen LogP contribution in [0, 0.1) is 0 Å². The number of unbranched alkanes of at least 4 members (excludes halogenated alkanes) is 2. The van der Waals surface area contributed by atoms with E-state index in [0.717, 1.165) is 6.54 Å². The predicted octanol–water partition coefficient (Wildman–Crippen LogP) is 1.88. The summed E-state index contributed by atoms with van der Waals surface area (Å²) < 4.78 is 0. The van der Waals surface area contributed by atoms with Gasteiger partial charge in [-0.15, -0.1) is 0 Å². The molecule has 12 heavy (non-hydrogen) atoms. The summed E-state index contributed by atoms with van der Waals surface area (Å²) >= 11 is 0. The monoisotopic (exact) mass is 173 g/mol. The van der Waals surface area contributed by atoms with Gasteiger partial charge in [0.1, 0.15) is 0 Å². The van der Waals surface area contributed by atoms with Crippen LogP contribution in [0.1, 0.15) is 40.0 Å². The minimum Gasteiger partial charge on any atom is -0.394 e. The highest BCUT2D eigenvalue weighted by Gasteiger charge is 2.21. The Hall–Kier alpha value is -0.0800. The molecule has 0 aliphatic heterocycles. The van der Waals surface area contributed by atoms with E-state index in [9.17, 15) is 0 Å². The van der Waals surface area contributed by atoms with Crippen molar-refractivity contribution in [1.29, 1.82) is 0 Å². The van der Waals surface area contributed by atoms with Crippen molar-refractivity contribution >= 4 is 0 Å². The highest BCUT2D eigenvalue weighted by atomic mass is 16.3. The lowest BCUT2D eigenvalue weighted by Crippen LogP contribution is -2.44. The lowest BCUT2D eigenvalue weighted by Gasteiger charge is -2.33. The molecule has 0 radical (unpaired) electrons. The highest BCUT2D eigenvalue weighted by molar-refractivity contribution is 4.77. The third-order valence-electron chi connectivity index (χ3n) is 2.52. The molecule has 0 saturated heterocycles. The predicted molar refractivity (Wildman–Crippen MR) is 53.3 cm³/mol. The smallest absolute Gasteiger partial charge is 0.0609 e. The van der Waals surface area contributed by atoms with Crippen molar-refractivity contribution < 1.29 is 5.11 Å². The summed E-state index contributed by atoms with van der Waals surface area (Å²) in [6.07, 6.45) is 3.77. The third-order valence-corrected chi connectivity index (χ3v) is 2.52. The van der Waals surface area contributed by atoms with Gasteiger partial charge in [0.15, 0.2) is 0 Å². The van der Waals surface area contributed by atoms with Crippen LogP contribution in [0.15, 0.2) is 0 Å². The molecule has 0 aromatic heterocycles. The Labute approximate surface area is 76.6 Å². The molecule has 1 N–H and O–H groups in total. The second-order valence-electron chi connectivity index (χ2n) is 4.10. The molecule has 2 heteroatoms. The quantitative estimate of drug-likeness (QED) is 0.620. The van der Waals surface area contributed by atoms with E-state index in [1.807, 2.05) is 0 Å². The van der Waals surface area contributed by atoms with Crippen LogP contribution in [-0.4, -0.2) is 35.7 Å². The third kappa shape index (κ3) is 4.07. The topological polar surface area (TPSA) is 23.5 Å². The molecule has 0 fully saturated rings. The molecule has 0 heterocycles. The van der Waals surface area contributed by atoms with Crippen molar-refractivity contribution in [3.63, 3.8) is 0 Å². The number of likely N-dealkylation sites (N-methyl/N-ethyl adjacent to an activating group) is 1. The lowest BCUT2D eigenvalue weighted by atomic mass is 10.0. The van der Waals surface area contributed by atoms with Gasteiger partial charge in [0.05, 0.1) is 6.61 Å². The number of hydrogen-bond acceptors (Lipinski definition) is 2. The van der Waals surface area contributed by atoms with Gasteiger partial charge >= 0.3 is 0 Å². The molecule has 0 bridgehead atoms. The summed E-state index contributed by atoms with van der Waals surface area (Å²) in [5.74, 6) is 0. The van der Waals surface area contributed by atoms with Gasteiger partial charge in [-0.05, 0) is 33.9 Å². The average Bonchev–Trinajstić information content (AvgIpc) is 2.05. The zero-order chi connectivity index (χ0) is 9.61. The molecule has 0 aromatic carbocycles. The highest BCUT2D eigenvalue weighted by Crippen LogP contribution is 2.11. The number of rotatable bonds is 6. The lowest BCUT2D eigenvalue weighted by molar-refractivity contribution is 0.0778. The van der Waals surface area contributed by atoms with Crippen LogP contribution >= 0.6 is 0 Å². The Morgan fingerprint density at radius 2 is 1.83 bits per heavy atom. The largest absolute Gasteiger partial charge is 0.394 e. The number of hydrogen-bond donors (Lipinski definition) is 1. The average molecular weight is 173 g/mol. The Morgan fingerprint density at radius 1 is 1.25 bits per heavy atom. The van der Waals surface area contributed by atoms with Crippen LogP contribution in [0.2, 0.25) is 0 Å². The van der Waals surface area contributed by atoms with Crippen molar-refractivity contribution in [1.82, 2.24) is 4.90 Å². The Morgan fingerprint density at radius 3 is 2.25 bits per heavy atom. The molecule has 74 valence electrons. The standard InChI is InChI=1S/C10H23NO/c1-5-6-7-8-11(4)10(2,3)9-12/h12H,5-9H2,1-4H3. The number of nitrogens with zero attached hydrogens (tertiary/aromatic N) is 1. The molecule has 2 nitrogen and oxygen atoms in total. The number of aliphatic hydroxyl groups excluding tert-OH is 1. The van der Waals surface area contributed by atoms with Crippen LogP contribution in [0.25, 0.3) is 0 Å². The van der Waals surface area contributed by atoms with Crippen molar-refractivity contribution in [2.75, 3.05) is 20.2 Å². The summed E-state index contributed by atoms with van der Waals surface area (Å²) in [7, 11) is 2.08. The van der Waals surface area contributed by atoms with Gasteiger partial charge in [-0.3, -0.25) is 4.90 Å². The summed E-state index contributed by atoms with van der Waals surface area (Å²) in [6.45, 7) is 7.66. The van der Waals surface area contributed by atoms with Gasteiger partial charge in [-0.2, -0.15) is 0 Å². The van der Waals surface area contributed by atoms with E-state index in [4.69, 9.17) is 5.11 Å². The van der Waals surface area contributed by atoms with E-state index >= 15 is 0 Å². The summed E-state index contributed by atoms with van der Waals surface area (Å²) in [4.78, 5) is 2.22. The van der Waals surface area contributed by atoms with Crippen LogP contribution in [0.3, 0.4) is 0 Å². The van der Waals surface area contributed by atoms with Crippen molar-refractivity contribution in [2.24, 2.45) is 0 Å². The maximum Gasteiger partial charge on any atom is 0.0609 e. The van der Waals surface area contributed by atoms with Gasteiger partial charge in [-0.1, -0.05) is 19.8 Å². The van der Waals surface area contributed by atoms with E-state index in [0.29, 0.717) is 0 Å². The molecule has 0 saturated carbocycles. The van der Waals surface area contributed by atoms with Gasteiger partial charge in [0.25, 0.3) is 0 Å². The van der Waals surface area contributed by atoms with Crippen molar-refractivity contribution in [3.8, 4) is 0 Å². The fourth-order valence-electron chi connectivity index (χ4n) is 1.02. The number of aliphatic hydroxyl groups is 1. The first-order chi connectivity index (χ1) is 5.54. The van der Waals surface area contributed by atoms with E-state index in [-0.39, 0.29) is 12.1 Å². The molecule has 0 aromatic rings. The summed E-state index contributed by atoms with van der Waals surface area (Å²) in [6, 6.07) is 0. The minimum atomic E-state index is -0.0618. The van der Waals surface area contributed by atoms with Crippen LogP contribution < -0.4 is 0 Å². The molecule has 0 aliphatic rings. The fourth-order valence-corrected chi connectivity index (χ4v) is 1.02. The molecule has 0 unspecified atom stereocenters. The van der Waals surface area contributed by atoms with Crippen LogP contribution in [0.5, 0.6) is 0 Å². The Bertz CT molecular complexity index is 112. The fraction of sp³-hybridized carbons (Fsp3) is 1.00. The first-order valence-electron chi connectivity index (χ1n) is 4.86. The zero-order valence-corrected chi connectivity index (χ0v) is 8.93. The van der Waals surface area contributed by atoms with Crippen LogP contribution in [-0.2, 0) is 0 Å². The van der Waals surface area contributed by atoms with Crippen molar-refractivity contribution in [2.45, 2.75) is 45.6 Å². The first kappa shape index (κ1) is 11.9. The van der Waals surface area contributed by atoms with Crippen LogP contribution in [0.4, 0.5) is 0 Å². The molecular weight excluding hydrogens is 150 g/mol. The molecule has 0 rings (SSSR count). The molecule has 0 spiro atoms. The molecule has 0 atom stereocenters. The van der Waals surface area contributed by atoms with Crippen molar-refractivity contribution in [3.05, 3.63) is 0 Å². The minimum absolute atomic E-state index is 0.0618. The summed E-state index contributed by atoms with van der Waals surface area (Å²) in [5.41, 5.74) is -0.0618. The first-order valence-corrected chi connectivity index (χ1v) is 4.86. The molecule has 0 aliphatic carbocycles. The molecule has 0 amide bonds. The SMILES string of the molecule is CCCCCN(C)C(C)(C)CO. The Kier molecular flexibility index (Phi) is 5.51. The van der Waals surface area contributed by atoms with Gasteiger partial charge in [0, 0.05) is 5.54 Å². The van der Waals surface area contributed by atoms with E-state index < -0.39 is 0 Å². The van der Waals surface area contributed by atoms with Gasteiger partial charge in [0.2, 0.25) is 0 Å². The second-order valence-corrected chi connectivity index (χ2v) is 4.10. The maximum atomic E-state index is 9.08. The van der Waals surface area contributed by atoms with E-state index in [1.54, 1.807) is 0 Å². The maximum absolute atomic E-state index is 9.08. The summed E-state index contributed by atoms with van der Waals surface area (Å²) in [5, 5.41) is 9.08. The normalized spacial score (nSPS) is 12.5. The Balaban J connectivity index is 3.63. The van der Waals surface area contributed by atoms with Gasteiger partial charge in [-0.25, -0.2) is 0 Å². The molecular formula is C10H23NO. The van der Waals surface area contributed by atoms with E-state index in [1.165, 1.54) is 19.3 Å². The zero-order valence-electron chi connectivity index (χ0n) is 8.93. The van der Waals surface area contributed by atoms with Gasteiger partial charge < -0.3 is 5.11 Å². The second kappa shape index (κ2) is 5.55. The van der Waals surface area contributed by atoms with E-state index in [2.05, 4.69) is 32.7 Å².